The fourth-order valence-corrected chi connectivity index (χ4v) is 2.13. The average molecular weight is 283 g/mol. The molecule has 0 aliphatic heterocycles. The second-order valence-electron chi connectivity index (χ2n) is 4.42. The fraction of sp³-hybridized carbons (Fsp3) is 0.0833. The number of hydrogen-bond acceptors (Lipinski definition) is 6. The van der Waals surface area contributed by atoms with Crippen LogP contribution in [0, 0.1) is 0 Å². The second-order valence-corrected chi connectivity index (χ2v) is 4.42. The zero-order valence-electron chi connectivity index (χ0n) is 10.6. The quantitative estimate of drug-likeness (QED) is 0.566. The topological polar surface area (TPSA) is 118 Å². The number of nitrogens with one attached hydrogen (secondary N) is 2. The summed E-state index contributed by atoms with van der Waals surface area (Å²) in [5.41, 5.74) is 1.72. The normalized spacial score (nSPS) is 11.2. The van der Waals surface area contributed by atoms with Crippen molar-refractivity contribution in [3.05, 3.63) is 46.9 Å². The Hall–Kier alpha value is -3.23. The molecule has 3 heterocycles. The Morgan fingerprint density at radius 3 is 3.10 bits per heavy atom. The minimum Gasteiger partial charge on any atom is -0.334 e. The lowest BCUT2D eigenvalue weighted by Crippen LogP contribution is -2.02. The van der Waals surface area contributed by atoms with E-state index in [2.05, 4.69) is 30.4 Å². The molecule has 0 saturated heterocycles. The van der Waals surface area contributed by atoms with Crippen molar-refractivity contribution in [3.63, 3.8) is 0 Å². The van der Waals surface area contributed by atoms with Gasteiger partial charge in [-0.05, 0) is 12.1 Å². The molecule has 0 bridgehead atoms. The molecule has 3 aromatic heterocycles. The first-order chi connectivity index (χ1) is 10.3. The van der Waals surface area contributed by atoms with E-state index in [0.717, 1.165) is 0 Å². The van der Waals surface area contributed by atoms with E-state index in [1.165, 1.54) is 0 Å². The Bertz CT molecular complexity index is 947. The molecule has 0 amide bonds. The molecule has 0 spiro atoms. The van der Waals surface area contributed by atoms with Gasteiger partial charge < -0.3 is 14.5 Å². The van der Waals surface area contributed by atoms with Crippen LogP contribution < -0.4 is 5.69 Å². The Morgan fingerprint density at radius 1 is 1.29 bits per heavy atom. The van der Waals surface area contributed by atoms with E-state index in [0.29, 0.717) is 34.9 Å². The van der Waals surface area contributed by atoms with E-state index in [-0.39, 0.29) is 5.69 Å². The summed E-state index contributed by atoms with van der Waals surface area (Å²) in [5, 5.41) is 11.5. The van der Waals surface area contributed by atoms with Gasteiger partial charge in [-0.3, -0.25) is 0 Å². The van der Waals surface area contributed by atoms with Gasteiger partial charge in [-0.2, -0.15) is 4.98 Å². The van der Waals surface area contributed by atoms with Crippen LogP contribution in [-0.4, -0.2) is 35.1 Å². The van der Waals surface area contributed by atoms with Crippen LogP contribution in [0.4, 0.5) is 0 Å². The van der Waals surface area contributed by atoms with E-state index in [1.54, 1.807) is 29.2 Å². The maximum absolute atomic E-state index is 11.4. The minimum absolute atomic E-state index is 0.278. The summed E-state index contributed by atoms with van der Waals surface area (Å²) in [6.07, 6.45) is 3.28. The number of para-hydroxylation sites is 1. The van der Waals surface area contributed by atoms with Crippen LogP contribution in [0.3, 0.4) is 0 Å². The van der Waals surface area contributed by atoms with Gasteiger partial charge in [-0.25, -0.2) is 9.48 Å². The van der Waals surface area contributed by atoms with E-state index >= 15 is 0 Å². The van der Waals surface area contributed by atoms with Crippen LogP contribution in [0.25, 0.3) is 22.5 Å². The van der Waals surface area contributed by atoms with Crippen molar-refractivity contribution in [3.8, 4) is 11.5 Å². The first-order valence-electron chi connectivity index (χ1n) is 6.18. The van der Waals surface area contributed by atoms with Gasteiger partial charge in [-0.15, -0.1) is 5.10 Å². The minimum atomic E-state index is -0.278. The molecule has 4 aromatic rings. The molecule has 1 aromatic carbocycles. The highest BCUT2D eigenvalue weighted by Crippen LogP contribution is 2.24. The maximum Gasteiger partial charge on any atom is 0.323 e. The Kier molecular flexibility index (Phi) is 2.43. The van der Waals surface area contributed by atoms with Crippen LogP contribution in [0.2, 0.25) is 0 Å². The molecule has 9 nitrogen and oxygen atoms in total. The number of imidazole rings is 1. The average Bonchev–Trinajstić information content (AvgIpc) is 3.18. The highest BCUT2D eigenvalue weighted by Gasteiger charge is 2.14. The summed E-state index contributed by atoms with van der Waals surface area (Å²) in [7, 11) is 0. The zero-order valence-corrected chi connectivity index (χ0v) is 10.6. The molecule has 0 aliphatic rings. The van der Waals surface area contributed by atoms with E-state index in [4.69, 9.17) is 4.52 Å². The highest BCUT2D eigenvalue weighted by atomic mass is 16.5. The lowest BCUT2D eigenvalue weighted by atomic mass is 10.2. The fourth-order valence-electron chi connectivity index (χ4n) is 2.13. The lowest BCUT2D eigenvalue weighted by Gasteiger charge is -1.95. The maximum atomic E-state index is 11.4. The molecule has 0 aliphatic carbocycles. The van der Waals surface area contributed by atoms with Gasteiger partial charge in [-0.1, -0.05) is 16.4 Å². The molecule has 4 rings (SSSR count). The van der Waals surface area contributed by atoms with Gasteiger partial charge in [0, 0.05) is 6.20 Å². The first kappa shape index (κ1) is 11.6. The summed E-state index contributed by atoms with van der Waals surface area (Å²) < 4.78 is 6.85. The molecular formula is C12H9N7O2. The van der Waals surface area contributed by atoms with Crippen molar-refractivity contribution in [1.82, 2.24) is 35.1 Å². The monoisotopic (exact) mass is 283 g/mol. The van der Waals surface area contributed by atoms with Crippen molar-refractivity contribution < 1.29 is 4.52 Å². The Balaban J connectivity index is 1.75. The van der Waals surface area contributed by atoms with E-state index in [1.807, 2.05) is 6.07 Å². The first-order valence-corrected chi connectivity index (χ1v) is 6.18. The van der Waals surface area contributed by atoms with Crippen molar-refractivity contribution in [2.45, 2.75) is 6.54 Å². The zero-order chi connectivity index (χ0) is 14.2. The van der Waals surface area contributed by atoms with Crippen molar-refractivity contribution in [2.75, 3.05) is 0 Å². The molecule has 0 fully saturated rings. The number of H-pyrrole nitrogens is 2. The molecule has 0 saturated carbocycles. The summed E-state index contributed by atoms with van der Waals surface area (Å²) in [4.78, 5) is 21.1. The highest BCUT2D eigenvalue weighted by molar-refractivity contribution is 5.88. The molecule has 104 valence electrons. The summed E-state index contributed by atoms with van der Waals surface area (Å²) in [5.74, 6) is 0.816. The number of fused-ring (bicyclic) bond motifs is 1. The van der Waals surface area contributed by atoms with Crippen LogP contribution in [-0.2, 0) is 6.54 Å². The predicted molar refractivity (Wildman–Crippen MR) is 71.3 cm³/mol. The third-order valence-corrected chi connectivity index (χ3v) is 3.03. The smallest absolute Gasteiger partial charge is 0.323 e. The number of rotatable bonds is 3. The van der Waals surface area contributed by atoms with Gasteiger partial charge in [0.25, 0.3) is 5.89 Å². The predicted octanol–water partition coefficient (Wildman–Crippen LogP) is 0.546. The standard InChI is InChI=1S/C12H9N7O2/c20-12-14-8-3-1-2-7(10(8)16-12)11-15-9(17-21-11)6-19-5-4-13-18-19/h1-5H,6H2,(H2,14,16,20). The number of hydrogen-bond donors (Lipinski definition) is 2. The summed E-state index contributed by atoms with van der Waals surface area (Å²) in [6, 6.07) is 5.41. The van der Waals surface area contributed by atoms with Crippen molar-refractivity contribution in [2.24, 2.45) is 0 Å². The second kappa shape index (κ2) is 4.40. The Labute approximate surface area is 116 Å². The van der Waals surface area contributed by atoms with Crippen LogP contribution in [0.5, 0.6) is 0 Å². The SMILES string of the molecule is O=c1[nH]c2cccc(-c3nc(Cn4ccnn4)no3)c2[nH]1. The van der Waals surface area contributed by atoms with E-state index in [9.17, 15) is 4.79 Å². The number of aromatic nitrogens is 7. The van der Waals surface area contributed by atoms with Gasteiger partial charge in [0.15, 0.2) is 5.82 Å². The molecule has 0 radical (unpaired) electrons. The molecule has 9 heteroatoms. The van der Waals surface area contributed by atoms with E-state index < -0.39 is 0 Å². The summed E-state index contributed by atoms with van der Waals surface area (Å²) >= 11 is 0. The summed E-state index contributed by atoms with van der Waals surface area (Å²) in [6.45, 7) is 0.364. The van der Waals surface area contributed by atoms with Gasteiger partial charge in [0.05, 0.1) is 22.8 Å². The largest absolute Gasteiger partial charge is 0.334 e. The molecular weight excluding hydrogens is 274 g/mol. The third kappa shape index (κ3) is 2.00. The van der Waals surface area contributed by atoms with Gasteiger partial charge in [0.2, 0.25) is 0 Å². The van der Waals surface area contributed by atoms with Gasteiger partial charge in [0.1, 0.15) is 6.54 Å². The van der Waals surface area contributed by atoms with Crippen LogP contribution in [0.1, 0.15) is 5.82 Å². The molecule has 0 atom stereocenters. The lowest BCUT2D eigenvalue weighted by molar-refractivity contribution is 0.418. The third-order valence-electron chi connectivity index (χ3n) is 3.03. The molecule has 2 N–H and O–H groups in total. The van der Waals surface area contributed by atoms with Crippen LogP contribution >= 0.6 is 0 Å². The molecule has 0 unspecified atom stereocenters. The number of nitrogens with zero attached hydrogens (tertiary/aromatic N) is 5. The van der Waals surface area contributed by atoms with Crippen molar-refractivity contribution in [1.29, 1.82) is 0 Å². The molecule has 21 heavy (non-hydrogen) atoms. The van der Waals surface area contributed by atoms with Gasteiger partial charge >= 0.3 is 5.69 Å². The van der Waals surface area contributed by atoms with Crippen molar-refractivity contribution >= 4 is 11.0 Å². The number of benzene rings is 1. The number of aromatic amines is 2. The Morgan fingerprint density at radius 2 is 2.24 bits per heavy atom. The van der Waals surface area contributed by atoms with Crippen LogP contribution in [0.15, 0.2) is 39.9 Å².